The number of thiol groups is 1. The van der Waals surface area contributed by atoms with Crippen molar-refractivity contribution in [3.05, 3.63) is 58.7 Å². The molecular formula is C25H36N4S2. The van der Waals surface area contributed by atoms with Crippen molar-refractivity contribution < 1.29 is 0 Å². The van der Waals surface area contributed by atoms with E-state index in [4.69, 9.17) is 12.2 Å². The van der Waals surface area contributed by atoms with Crippen LogP contribution in [0.4, 0.5) is 11.4 Å². The smallest absolute Gasteiger partial charge is 0.133 e. The van der Waals surface area contributed by atoms with Gasteiger partial charge in [-0.25, -0.2) is 0 Å². The van der Waals surface area contributed by atoms with Gasteiger partial charge in [0.05, 0.1) is 0 Å². The predicted octanol–water partition coefficient (Wildman–Crippen LogP) is 4.35. The van der Waals surface area contributed by atoms with Gasteiger partial charge in [0, 0.05) is 63.7 Å². The molecule has 0 saturated carbocycles. The highest BCUT2D eigenvalue weighted by Gasteiger charge is 2.19. The molecule has 0 amide bonds. The van der Waals surface area contributed by atoms with Gasteiger partial charge in [-0.1, -0.05) is 36.5 Å². The zero-order chi connectivity index (χ0) is 22.4. The first kappa shape index (κ1) is 23.9. The van der Waals surface area contributed by atoms with Crippen molar-refractivity contribution in [3.8, 4) is 0 Å². The molecule has 0 spiro atoms. The van der Waals surface area contributed by atoms with Crippen molar-refractivity contribution >= 4 is 40.5 Å². The van der Waals surface area contributed by atoms with Crippen LogP contribution in [0.25, 0.3) is 0 Å². The van der Waals surface area contributed by atoms with Crippen LogP contribution in [0.1, 0.15) is 22.3 Å². The fraction of sp³-hybridized carbons (Fsp3) is 0.480. The van der Waals surface area contributed by atoms with Gasteiger partial charge in [0.1, 0.15) is 4.32 Å². The van der Waals surface area contributed by atoms with Crippen molar-refractivity contribution in [2.45, 2.75) is 27.7 Å². The summed E-state index contributed by atoms with van der Waals surface area (Å²) in [6, 6.07) is 13.1. The molecule has 0 bridgehead atoms. The van der Waals surface area contributed by atoms with Crippen LogP contribution in [0.15, 0.2) is 36.4 Å². The SMILES string of the molecule is Cc1cccc(N2CCN(C(=S)S)CC2)c1C.Cc1cccc(N2CCNCC2)c1C. The predicted molar refractivity (Wildman–Crippen MR) is 142 cm³/mol. The maximum Gasteiger partial charge on any atom is 0.133 e. The Bertz CT molecular complexity index is 885. The number of benzene rings is 2. The molecule has 31 heavy (non-hydrogen) atoms. The number of nitrogens with one attached hydrogen (secondary N) is 1. The second kappa shape index (κ2) is 11.2. The van der Waals surface area contributed by atoms with Crippen molar-refractivity contribution in [1.82, 2.24) is 10.2 Å². The molecule has 2 aromatic rings. The summed E-state index contributed by atoms with van der Waals surface area (Å²) < 4.78 is 0.714. The van der Waals surface area contributed by atoms with E-state index in [-0.39, 0.29) is 0 Å². The Morgan fingerprint density at radius 1 is 0.742 bits per heavy atom. The molecule has 6 heteroatoms. The molecule has 0 unspecified atom stereocenters. The highest BCUT2D eigenvalue weighted by atomic mass is 32.1. The summed E-state index contributed by atoms with van der Waals surface area (Å²) in [7, 11) is 0. The van der Waals surface area contributed by atoms with E-state index in [0.29, 0.717) is 4.32 Å². The lowest BCUT2D eigenvalue weighted by molar-refractivity contribution is 0.397. The van der Waals surface area contributed by atoms with Gasteiger partial charge < -0.3 is 20.0 Å². The summed E-state index contributed by atoms with van der Waals surface area (Å²) in [6.07, 6.45) is 0. The number of piperazine rings is 2. The van der Waals surface area contributed by atoms with Crippen LogP contribution in [0.5, 0.6) is 0 Å². The van der Waals surface area contributed by atoms with E-state index in [2.05, 4.69) is 96.7 Å². The largest absolute Gasteiger partial charge is 0.369 e. The summed E-state index contributed by atoms with van der Waals surface area (Å²) in [4.78, 5) is 7.06. The van der Waals surface area contributed by atoms with Crippen LogP contribution in [-0.2, 0) is 0 Å². The van der Waals surface area contributed by atoms with Gasteiger partial charge >= 0.3 is 0 Å². The maximum absolute atomic E-state index is 5.09. The van der Waals surface area contributed by atoms with Crippen LogP contribution in [0, 0.1) is 27.7 Å². The fourth-order valence-corrected chi connectivity index (χ4v) is 4.58. The Hall–Kier alpha value is -1.76. The Labute approximate surface area is 199 Å². The number of aryl methyl sites for hydroxylation is 2. The van der Waals surface area contributed by atoms with Gasteiger partial charge in [0.15, 0.2) is 0 Å². The topological polar surface area (TPSA) is 21.8 Å². The lowest BCUT2D eigenvalue weighted by atomic mass is 10.1. The second-order valence-corrected chi connectivity index (χ2v) is 9.54. The highest BCUT2D eigenvalue weighted by Crippen LogP contribution is 2.24. The lowest BCUT2D eigenvalue weighted by Crippen LogP contribution is -2.47. The molecule has 2 aromatic carbocycles. The van der Waals surface area contributed by atoms with Crippen LogP contribution in [0.2, 0.25) is 0 Å². The van der Waals surface area contributed by atoms with E-state index < -0.39 is 0 Å². The average Bonchev–Trinajstić information content (AvgIpc) is 2.79. The van der Waals surface area contributed by atoms with Gasteiger partial charge in [-0.2, -0.15) is 0 Å². The third-order valence-corrected chi connectivity index (χ3v) is 7.04. The van der Waals surface area contributed by atoms with Crippen molar-refractivity contribution in [3.63, 3.8) is 0 Å². The van der Waals surface area contributed by atoms with Crippen molar-refractivity contribution in [2.24, 2.45) is 0 Å². The van der Waals surface area contributed by atoms with E-state index in [1.807, 2.05) is 0 Å². The third kappa shape index (κ3) is 6.15. The van der Waals surface area contributed by atoms with Crippen molar-refractivity contribution in [2.75, 3.05) is 62.2 Å². The monoisotopic (exact) mass is 456 g/mol. The van der Waals surface area contributed by atoms with E-state index in [0.717, 1.165) is 52.4 Å². The van der Waals surface area contributed by atoms with E-state index in [1.54, 1.807) is 0 Å². The molecule has 0 aromatic heterocycles. The number of anilines is 2. The molecule has 1 N–H and O–H groups in total. The molecule has 0 radical (unpaired) electrons. The van der Waals surface area contributed by atoms with Gasteiger partial charge in [-0.3, -0.25) is 0 Å². The van der Waals surface area contributed by atoms with Crippen molar-refractivity contribution in [1.29, 1.82) is 0 Å². The number of hydrogen-bond donors (Lipinski definition) is 2. The number of nitrogens with zero attached hydrogens (tertiary/aromatic N) is 3. The Kier molecular flexibility index (Phi) is 8.64. The molecule has 2 fully saturated rings. The zero-order valence-electron chi connectivity index (χ0n) is 19.3. The van der Waals surface area contributed by atoms with Gasteiger partial charge in [0.2, 0.25) is 0 Å². The summed E-state index contributed by atoms with van der Waals surface area (Å²) in [6.45, 7) is 17.2. The molecule has 2 aliphatic heterocycles. The zero-order valence-corrected chi connectivity index (χ0v) is 21.0. The molecule has 168 valence electrons. The quantitative estimate of drug-likeness (QED) is 0.516. The first-order valence-corrected chi connectivity index (χ1v) is 12.0. The second-order valence-electron chi connectivity index (χ2n) is 8.43. The average molecular weight is 457 g/mol. The number of thiocarbonyl (C=S) groups is 1. The highest BCUT2D eigenvalue weighted by molar-refractivity contribution is 8.10. The summed E-state index contributed by atoms with van der Waals surface area (Å²) in [5.74, 6) is 0. The van der Waals surface area contributed by atoms with Gasteiger partial charge in [-0.15, -0.1) is 12.6 Å². The van der Waals surface area contributed by atoms with Gasteiger partial charge in [0.25, 0.3) is 0 Å². The van der Waals surface area contributed by atoms with Crippen LogP contribution < -0.4 is 15.1 Å². The van der Waals surface area contributed by atoms with E-state index in [9.17, 15) is 0 Å². The van der Waals surface area contributed by atoms with E-state index in [1.165, 1.54) is 33.6 Å². The standard InChI is InChI=1S/C13H18N2S2.C12H18N2/c1-10-4-3-5-12(11(10)2)14-6-8-15(9-7-14)13(16)17;1-10-4-3-5-12(11(10)2)14-8-6-13-7-9-14/h3-5H,6-9H2,1-2H3,(H,16,17);3-5,13H,6-9H2,1-2H3. The Morgan fingerprint density at radius 2 is 1.19 bits per heavy atom. The molecule has 4 rings (SSSR count). The first-order chi connectivity index (χ1) is 14.9. The molecular weight excluding hydrogens is 420 g/mol. The minimum Gasteiger partial charge on any atom is -0.369 e. The van der Waals surface area contributed by atoms with Crippen LogP contribution in [0.3, 0.4) is 0 Å². The normalized spacial score (nSPS) is 16.6. The summed E-state index contributed by atoms with van der Waals surface area (Å²) in [5, 5.41) is 3.38. The minimum absolute atomic E-state index is 0.714. The number of rotatable bonds is 2. The fourth-order valence-electron chi connectivity index (χ4n) is 4.20. The first-order valence-electron chi connectivity index (χ1n) is 11.2. The summed E-state index contributed by atoms with van der Waals surface area (Å²) in [5.41, 5.74) is 8.32. The van der Waals surface area contributed by atoms with Crippen LogP contribution >= 0.6 is 24.8 Å². The molecule has 2 heterocycles. The molecule has 2 saturated heterocycles. The number of hydrogen-bond acceptors (Lipinski definition) is 4. The Morgan fingerprint density at radius 3 is 1.65 bits per heavy atom. The lowest BCUT2D eigenvalue weighted by Gasteiger charge is -2.37. The third-order valence-electron chi connectivity index (χ3n) is 6.50. The van der Waals surface area contributed by atoms with Crippen LogP contribution in [-0.4, -0.2) is 61.6 Å². The van der Waals surface area contributed by atoms with E-state index >= 15 is 0 Å². The maximum atomic E-state index is 5.09. The molecule has 0 aliphatic carbocycles. The molecule has 2 aliphatic rings. The minimum atomic E-state index is 0.714. The van der Waals surface area contributed by atoms with Gasteiger partial charge in [-0.05, 0) is 62.1 Å². The molecule has 4 nitrogen and oxygen atoms in total. The summed E-state index contributed by atoms with van der Waals surface area (Å²) >= 11 is 9.32. The molecule has 0 atom stereocenters. The Balaban J connectivity index is 0.000000179.